The lowest BCUT2D eigenvalue weighted by Crippen LogP contribution is -2.39. The zero-order valence-corrected chi connectivity index (χ0v) is 15.6. The molecule has 4 heteroatoms. The Hall–Kier alpha value is -3.27. The summed E-state index contributed by atoms with van der Waals surface area (Å²) in [6.07, 6.45) is 6.63. The van der Waals surface area contributed by atoms with E-state index in [1.165, 1.54) is 0 Å². The number of hydrogen-bond acceptors (Lipinski definition) is 3. The average molecular weight is 370 g/mol. The summed E-state index contributed by atoms with van der Waals surface area (Å²) in [6, 6.07) is 19.3. The Morgan fingerprint density at radius 3 is 2.46 bits per heavy atom. The molecular weight excluding hydrogens is 348 g/mol. The molecule has 3 aromatic rings. The summed E-state index contributed by atoms with van der Waals surface area (Å²) in [7, 11) is 0. The zero-order valence-electron chi connectivity index (χ0n) is 15.6. The first kappa shape index (κ1) is 18.1. The highest BCUT2D eigenvalue weighted by Crippen LogP contribution is 2.22. The number of benzene rings is 2. The Balaban J connectivity index is 1.39. The molecule has 1 aliphatic rings. The number of Topliss-reactive ketones (excluding diaryl/α,β-unsaturated/α-hetero) is 1. The molecule has 0 bridgehead atoms. The fraction of sp³-hybridized carbons (Fsp3) is 0.208. The summed E-state index contributed by atoms with van der Waals surface area (Å²) >= 11 is 0. The van der Waals surface area contributed by atoms with Gasteiger partial charge >= 0.3 is 0 Å². The number of para-hydroxylation sites is 1. The average Bonchev–Trinajstić information content (AvgIpc) is 2.77. The van der Waals surface area contributed by atoms with Crippen LogP contribution in [0.5, 0.6) is 0 Å². The van der Waals surface area contributed by atoms with Crippen molar-refractivity contribution < 1.29 is 9.59 Å². The highest BCUT2D eigenvalue weighted by molar-refractivity contribution is 5.98. The molecule has 1 aliphatic heterocycles. The summed E-state index contributed by atoms with van der Waals surface area (Å²) < 4.78 is 0. The van der Waals surface area contributed by atoms with Crippen LogP contribution in [0.2, 0.25) is 0 Å². The van der Waals surface area contributed by atoms with Crippen molar-refractivity contribution in [2.45, 2.75) is 12.8 Å². The number of carbonyl (C=O) groups excluding carboxylic acids is 2. The fourth-order valence-electron chi connectivity index (χ4n) is 3.73. The quantitative estimate of drug-likeness (QED) is 0.506. The van der Waals surface area contributed by atoms with Crippen LogP contribution >= 0.6 is 0 Å². The van der Waals surface area contributed by atoms with E-state index < -0.39 is 0 Å². The minimum atomic E-state index is -0.0152. The molecule has 140 valence electrons. The number of amides is 1. The smallest absolute Gasteiger partial charge is 0.246 e. The van der Waals surface area contributed by atoms with Gasteiger partial charge in [-0.05, 0) is 25.0 Å². The molecule has 0 N–H and O–H groups in total. The van der Waals surface area contributed by atoms with E-state index in [1.807, 2.05) is 71.6 Å². The number of likely N-dealkylation sites (tertiary alicyclic amines) is 1. The molecule has 28 heavy (non-hydrogen) atoms. The maximum Gasteiger partial charge on any atom is 0.246 e. The Morgan fingerprint density at radius 1 is 0.929 bits per heavy atom. The molecule has 0 radical (unpaired) electrons. The molecule has 4 rings (SSSR count). The van der Waals surface area contributed by atoms with Crippen molar-refractivity contribution in [2.75, 3.05) is 13.1 Å². The van der Waals surface area contributed by atoms with Crippen molar-refractivity contribution in [1.82, 2.24) is 9.88 Å². The van der Waals surface area contributed by atoms with Crippen LogP contribution in [0.1, 0.15) is 28.8 Å². The second-order valence-electron chi connectivity index (χ2n) is 7.09. The van der Waals surface area contributed by atoms with Gasteiger partial charge in [0.05, 0.1) is 5.52 Å². The van der Waals surface area contributed by atoms with Gasteiger partial charge in [0, 0.05) is 47.8 Å². The molecule has 0 atom stereocenters. The molecule has 0 aliphatic carbocycles. The molecule has 0 unspecified atom stereocenters. The second-order valence-corrected chi connectivity index (χ2v) is 7.09. The summed E-state index contributed by atoms with van der Waals surface area (Å²) in [4.78, 5) is 31.4. The van der Waals surface area contributed by atoms with Crippen LogP contribution in [0.15, 0.2) is 72.9 Å². The Morgan fingerprint density at radius 2 is 1.68 bits per heavy atom. The van der Waals surface area contributed by atoms with Gasteiger partial charge in [0.15, 0.2) is 5.78 Å². The molecule has 0 spiro atoms. The van der Waals surface area contributed by atoms with Gasteiger partial charge < -0.3 is 4.90 Å². The van der Waals surface area contributed by atoms with E-state index in [0.29, 0.717) is 25.9 Å². The topological polar surface area (TPSA) is 50.3 Å². The Bertz CT molecular complexity index is 1010. The van der Waals surface area contributed by atoms with Crippen molar-refractivity contribution in [3.63, 3.8) is 0 Å². The third-order valence-electron chi connectivity index (χ3n) is 5.31. The lowest BCUT2D eigenvalue weighted by Gasteiger charge is -2.30. The molecule has 1 fully saturated rings. The third kappa shape index (κ3) is 3.86. The molecule has 1 aromatic heterocycles. The number of rotatable bonds is 4. The first-order chi connectivity index (χ1) is 13.7. The van der Waals surface area contributed by atoms with Gasteiger partial charge in [0.1, 0.15) is 0 Å². The summed E-state index contributed by atoms with van der Waals surface area (Å²) in [5.41, 5.74) is 2.58. The third-order valence-corrected chi connectivity index (χ3v) is 5.31. The molecule has 4 nitrogen and oxygen atoms in total. The van der Waals surface area contributed by atoms with Crippen LogP contribution in [-0.4, -0.2) is 34.7 Å². The first-order valence-corrected chi connectivity index (χ1v) is 9.62. The summed E-state index contributed by atoms with van der Waals surface area (Å²) in [5, 5.41) is 1.05. The van der Waals surface area contributed by atoms with Crippen molar-refractivity contribution in [1.29, 1.82) is 0 Å². The number of aromatic nitrogens is 1. The Kier molecular flexibility index (Phi) is 5.29. The number of carbonyl (C=O) groups is 2. The van der Waals surface area contributed by atoms with E-state index in [4.69, 9.17) is 0 Å². The van der Waals surface area contributed by atoms with Crippen LogP contribution in [0.4, 0.5) is 0 Å². The Labute approximate surface area is 164 Å². The van der Waals surface area contributed by atoms with E-state index in [-0.39, 0.29) is 17.6 Å². The lowest BCUT2D eigenvalue weighted by molar-refractivity contribution is -0.127. The van der Waals surface area contributed by atoms with Gasteiger partial charge in [0.2, 0.25) is 5.91 Å². The van der Waals surface area contributed by atoms with Gasteiger partial charge in [-0.3, -0.25) is 14.6 Å². The van der Waals surface area contributed by atoms with Gasteiger partial charge in [-0.2, -0.15) is 0 Å². The van der Waals surface area contributed by atoms with E-state index >= 15 is 0 Å². The highest BCUT2D eigenvalue weighted by Gasteiger charge is 2.27. The number of hydrogen-bond donors (Lipinski definition) is 0. The largest absolute Gasteiger partial charge is 0.339 e. The second kappa shape index (κ2) is 8.17. The van der Waals surface area contributed by atoms with Crippen LogP contribution in [0.25, 0.3) is 17.0 Å². The van der Waals surface area contributed by atoms with E-state index in [0.717, 1.165) is 22.0 Å². The van der Waals surface area contributed by atoms with Crippen molar-refractivity contribution in [3.05, 3.63) is 84.1 Å². The van der Waals surface area contributed by atoms with Gasteiger partial charge in [0.25, 0.3) is 0 Å². The zero-order chi connectivity index (χ0) is 19.3. The molecule has 2 heterocycles. The minimum Gasteiger partial charge on any atom is -0.339 e. The number of ketones is 1. The van der Waals surface area contributed by atoms with E-state index in [2.05, 4.69) is 4.98 Å². The van der Waals surface area contributed by atoms with Gasteiger partial charge in [-0.1, -0.05) is 54.6 Å². The normalized spacial score (nSPS) is 15.2. The minimum absolute atomic E-state index is 0.00213. The maximum atomic E-state index is 12.6. The summed E-state index contributed by atoms with van der Waals surface area (Å²) in [5.74, 6) is 0.168. The van der Waals surface area contributed by atoms with Gasteiger partial charge in [-0.25, -0.2) is 0 Å². The van der Waals surface area contributed by atoms with Crippen molar-refractivity contribution >= 4 is 28.7 Å². The monoisotopic (exact) mass is 370 g/mol. The SMILES string of the molecule is O=C(c1ccccc1)C1CCN(C(=O)/C=C/c2cccc3cccnc23)CC1. The van der Waals surface area contributed by atoms with Gasteiger partial charge in [-0.15, -0.1) is 0 Å². The summed E-state index contributed by atoms with van der Waals surface area (Å²) in [6.45, 7) is 1.22. The first-order valence-electron chi connectivity index (χ1n) is 9.62. The predicted octanol–water partition coefficient (Wildman–Crippen LogP) is 4.37. The lowest BCUT2D eigenvalue weighted by atomic mass is 9.89. The van der Waals surface area contributed by atoms with Crippen LogP contribution < -0.4 is 0 Å². The molecule has 2 aromatic carbocycles. The van der Waals surface area contributed by atoms with E-state index in [9.17, 15) is 9.59 Å². The number of piperidine rings is 1. The maximum absolute atomic E-state index is 12.6. The predicted molar refractivity (Wildman–Crippen MR) is 111 cm³/mol. The van der Waals surface area contributed by atoms with E-state index in [1.54, 1.807) is 12.3 Å². The molecule has 1 saturated heterocycles. The van der Waals surface area contributed by atoms with Crippen LogP contribution in [0.3, 0.4) is 0 Å². The number of nitrogens with zero attached hydrogens (tertiary/aromatic N) is 2. The molecular formula is C24H22N2O2. The van der Waals surface area contributed by atoms with Crippen LogP contribution in [0, 0.1) is 5.92 Å². The highest BCUT2D eigenvalue weighted by atomic mass is 16.2. The number of pyridine rings is 1. The van der Waals surface area contributed by atoms with Crippen molar-refractivity contribution in [2.24, 2.45) is 5.92 Å². The fourth-order valence-corrected chi connectivity index (χ4v) is 3.73. The van der Waals surface area contributed by atoms with Crippen molar-refractivity contribution in [3.8, 4) is 0 Å². The number of fused-ring (bicyclic) bond motifs is 1. The molecule has 1 amide bonds. The van der Waals surface area contributed by atoms with Crippen LogP contribution in [-0.2, 0) is 4.79 Å². The standard InChI is InChI=1S/C24H22N2O2/c27-22(12-11-19-9-4-8-18-10-5-15-25-23(18)19)26-16-13-21(14-17-26)24(28)20-6-2-1-3-7-20/h1-12,15,21H,13-14,16-17H2/b12-11+. The molecule has 0 saturated carbocycles.